The lowest BCUT2D eigenvalue weighted by Crippen LogP contribution is -2.10. The van der Waals surface area contributed by atoms with Crippen molar-refractivity contribution in [2.45, 2.75) is 13.8 Å². The van der Waals surface area contributed by atoms with Crippen molar-refractivity contribution >= 4 is 5.95 Å². The van der Waals surface area contributed by atoms with Gasteiger partial charge < -0.3 is 14.8 Å². The molecule has 0 amide bonds. The van der Waals surface area contributed by atoms with Crippen molar-refractivity contribution < 1.29 is 13.9 Å². The largest absolute Gasteiger partial charge is 0.473 e. The number of hydrogen-bond acceptors (Lipinski definition) is 5. The zero-order valence-corrected chi connectivity index (χ0v) is 9.49. The third-order valence-corrected chi connectivity index (χ3v) is 1.72. The second kappa shape index (κ2) is 6.95. The zero-order valence-electron chi connectivity index (χ0n) is 9.49. The molecular formula is C10H16FN3O2. The fourth-order valence-electron chi connectivity index (χ4n) is 1.04. The van der Waals surface area contributed by atoms with Gasteiger partial charge in [-0.3, -0.25) is 0 Å². The Morgan fingerprint density at radius 1 is 1.38 bits per heavy atom. The number of anilines is 1. The molecule has 1 aromatic heterocycles. The molecule has 1 aromatic rings. The number of ether oxygens (including phenoxy) is 2. The van der Waals surface area contributed by atoms with E-state index in [1.807, 2.05) is 13.8 Å². The van der Waals surface area contributed by atoms with Crippen LogP contribution in [-0.4, -0.2) is 36.3 Å². The Balaban J connectivity index is 2.52. The summed E-state index contributed by atoms with van der Waals surface area (Å²) in [5, 5.41) is 2.88. The van der Waals surface area contributed by atoms with Crippen molar-refractivity contribution in [2.24, 2.45) is 0 Å². The van der Waals surface area contributed by atoms with Crippen molar-refractivity contribution in [3.05, 3.63) is 12.0 Å². The monoisotopic (exact) mass is 229 g/mol. The summed E-state index contributed by atoms with van der Waals surface area (Å²) in [5.41, 5.74) is 0. The number of nitrogens with one attached hydrogen (secondary N) is 1. The molecule has 5 nitrogen and oxygen atoms in total. The van der Waals surface area contributed by atoms with Crippen LogP contribution in [0, 0.1) is 5.82 Å². The molecule has 0 spiro atoms. The van der Waals surface area contributed by atoms with Crippen LogP contribution < -0.4 is 10.1 Å². The lowest BCUT2D eigenvalue weighted by molar-refractivity contribution is 0.106. The van der Waals surface area contributed by atoms with Gasteiger partial charge in [0.2, 0.25) is 11.8 Å². The van der Waals surface area contributed by atoms with E-state index in [1.54, 1.807) is 0 Å². The molecule has 0 aliphatic carbocycles. The van der Waals surface area contributed by atoms with Crippen LogP contribution >= 0.6 is 0 Å². The van der Waals surface area contributed by atoms with Crippen LogP contribution in [0.4, 0.5) is 10.3 Å². The third-order valence-electron chi connectivity index (χ3n) is 1.72. The van der Waals surface area contributed by atoms with E-state index in [4.69, 9.17) is 9.47 Å². The molecule has 0 aliphatic heterocycles. The molecule has 16 heavy (non-hydrogen) atoms. The SMILES string of the molecule is CCNc1ncc(F)c(OCCOCC)n1. The predicted octanol–water partition coefficient (Wildman–Crippen LogP) is 1.46. The third kappa shape index (κ3) is 3.98. The number of aromatic nitrogens is 2. The van der Waals surface area contributed by atoms with E-state index in [2.05, 4.69) is 15.3 Å². The highest BCUT2D eigenvalue weighted by atomic mass is 19.1. The van der Waals surface area contributed by atoms with E-state index in [-0.39, 0.29) is 12.5 Å². The molecule has 0 aliphatic rings. The van der Waals surface area contributed by atoms with E-state index in [0.717, 1.165) is 6.20 Å². The van der Waals surface area contributed by atoms with Gasteiger partial charge >= 0.3 is 0 Å². The molecule has 1 heterocycles. The molecule has 0 aromatic carbocycles. The van der Waals surface area contributed by atoms with Crippen molar-refractivity contribution in [3.8, 4) is 5.88 Å². The van der Waals surface area contributed by atoms with E-state index in [0.29, 0.717) is 25.7 Å². The van der Waals surface area contributed by atoms with Crippen molar-refractivity contribution in [2.75, 3.05) is 31.7 Å². The molecule has 1 rings (SSSR count). The lowest BCUT2D eigenvalue weighted by atomic mass is 10.6. The molecule has 0 radical (unpaired) electrons. The molecule has 0 bridgehead atoms. The summed E-state index contributed by atoms with van der Waals surface area (Å²) < 4.78 is 23.4. The Morgan fingerprint density at radius 3 is 2.88 bits per heavy atom. The van der Waals surface area contributed by atoms with Crippen molar-refractivity contribution in [3.63, 3.8) is 0 Å². The first-order valence-corrected chi connectivity index (χ1v) is 5.24. The maximum Gasteiger partial charge on any atom is 0.255 e. The summed E-state index contributed by atoms with van der Waals surface area (Å²) in [4.78, 5) is 7.65. The van der Waals surface area contributed by atoms with Gasteiger partial charge in [0, 0.05) is 13.2 Å². The second-order valence-electron chi connectivity index (χ2n) is 2.92. The first-order chi connectivity index (χ1) is 7.77. The molecule has 0 unspecified atom stereocenters. The minimum absolute atomic E-state index is 0.0503. The van der Waals surface area contributed by atoms with Crippen LogP contribution in [-0.2, 0) is 4.74 Å². The minimum Gasteiger partial charge on any atom is -0.473 e. The van der Waals surface area contributed by atoms with Gasteiger partial charge in [0.1, 0.15) is 6.61 Å². The van der Waals surface area contributed by atoms with Gasteiger partial charge in [0.05, 0.1) is 12.8 Å². The fraction of sp³-hybridized carbons (Fsp3) is 0.600. The van der Waals surface area contributed by atoms with Crippen LogP contribution in [0.3, 0.4) is 0 Å². The summed E-state index contributed by atoms with van der Waals surface area (Å²) in [7, 11) is 0. The molecule has 1 N–H and O–H groups in total. The lowest BCUT2D eigenvalue weighted by Gasteiger charge is -2.07. The van der Waals surface area contributed by atoms with Crippen LogP contribution in [0.25, 0.3) is 0 Å². The molecular weight excluding hydrogens is 213 g/mol. The number of nitrogens with zero attached hydrogens (tertiary/aromatic N) is 2. The summed E-state index contributed by atoms with van der Waals surface area (Å²) in [6, 6.07) is 0. The van der Waals surface area contributed by atoms with Gasteiger partial charge in [0.25, 0.3) is 5.88 Å². The van der Waals surface area contributed by atoms with Gasteiger partial charge in [-0.25, -0.2) is 4.98 Å². The van der Waals surface area contributed by atoms with Crippen molar-refractivity contribution in [1.82, 2.24) is 9.97 Å². The maximum absolute atomic E-state index is 13.2. The Labute approximate surface area is 94.0 Å². The first-order valence-electron chi connectivity index (χ1n) is 5.24. The smallest absolute Gasteiger partial charge is 0.255 e. The molecule has 0 saturated heterocycles. The standard InChI is InChI=1S/C10H16FN3O2/c1-3-12-10-13-7-8(11)9(14-10)16-6-5-15-4-2/h7H,3-6H2,1-2H3,(H,12,13,14). The summed E-state index contributed by atoms with van der Waals surface area (Å²) in [5.74, 6) is -0.265. The molecule has 0 saturated carbocycles. The van der Waals surface area contributed by atoms with E-state index >= 15 is 0 Å². The highest BCUT2D eigenvalue weighted by Crippen LogP contribution is 2.14. The highest BCUT2D eigenvalue weighted by molar-refractivity contribution is 5.27. The average Bonchev–Trinajstić information content (AvgIpc) is 2.29. The Hall–Kier alpha value is -1.43. The first kappa shape index (κ1) is 12.6. The second-order valence-corrected chi connectivity index (χ2v) is 2.92. The predicted molar refractivity (Wildman–Crippen MR) is 58.1 cm³/mol. The van der Waals surface area contributed by atoms with Gasteiger partial charge in [-0.1, -0.05) is 0 Å². The number of hydrogen-bond donors (Lipinski definition) is 1. The van der Waals surface area contributed by atoms with E-state index in [9.17, 15) is 4.39 Å². The van der Waals surface area contributed by atoms with Crippen LogP contribution in [0.5, 0.6) is 5.88 Å². The van der Waals surface area contributed by atoms with Gasteiger partial charge in [-0.2, -0.15) is 9.37 Å². The molecule has 6 heteroatoms. The highest BCUT2D eigenvalue weighted by Gasteiger charge is 2.07. The Bertz CT molecular complexity index is 323. The van der Waals surface area contributed by atoms with E-state index in [1.165, 1.54) is 0 Å². The topological polar surface area (TPSA) is 56.3 Å². The molecule has 90 valence electrons. The normalized spacial score (nSPS) is 10.2. The van der Waals surface area contributed by atoms with Gasteiger partial charge in [0.15, 0.2) is 0 Å². The van der Waals surface area contributed by atoms with Crippen LogP contribution in [0.2, 0.25) is 0 Å². The summed E-state index contributed by atoms with van der Waals surface area (Å²) in [6.07, 6.45) is 1.08. The Kier molecular flexibility index (Phi) is 5.49. The number of rotatable bonds is 7. The quantitative estimate of drug-likeness (QED) is 0.717. The minimum atomic E-state index is -0.571. The van der Waals surface area contributed by atoms with Crippen LogP contribution in [0.15, 0.2) is 6.20 Å². The van der Waals surface area contributed by atoms with Crippen LogP contribution in [0.1, 0.15) is 13.8 Å². The molecule has 0 fully saturated rings. The average molecular weight is 229 g/mol. The van der Waals surface area contributed by atoms with Crippen molar-refractivity contribution in [1.29, 1.82) is 0 Å². The summed E-state index contributed by atoms with van der Waals surface area (Å²) >= 11 is 0. The maximum atomic E-state index is 13.2. The Morgan fingerprint density at radius 2 is 2.19 bits per heavy atom. The fourth-order valence-corrected chi connectivity index (χ4v) is 1.04. The van der Waals surface area contributed by atoms with E-state index < -0.39 is 5.82 Å². The molecule has 0 atom stereocenters. The van der Waals surface area contributed by atoms with Gasteiger partial charge in [-0.15, -0.1) is 0 Å². The summed E-state index contributed by atoms with van der Waals surface area (Å²) in [6.45, 7) is 5.75. The number of halogens is 1. The zero-order chi connectivity index (χ0) is 11.8. The van der Waals surface area contributed by atoms with Gasteiger partial charge in [-0.05, 0) is 13.8 Å².